The number of nitrogens with two attached hydrogens (primary N) is 1. The summed E-state index contributed by atoms with van der Waals surface area (Å²) in [5, 5.41) is 6.32. The van der Waals surface area contributed by atoms with Gasteiger partial charge in [0, 0.05) is 62.6 Å². The summed E-state index contributed by atoms with van der Waals surface area (Å²) in [6, 6.07) is 16.1. The number of amides is 1. The number of hydrogen-bond donors (Lipinski definition) is 2. The van der Waals surface area contributed by atoms with Crippen LogP contribution in [0.1, 0.15) is 28.5 Å². The standard InChI is InChI=1S/C30H23F2N3O3/c1-3-37-26-13-27(33)35-15(2)24(26)14-34-30(36)17-5-8-21-23(11-17)29-20-7-4-16(10-22(20)28(21)38-29)19-9-6-18(31)12-25(19)32/h4-13H,3,14H2,1-2H3,(H2,33,35)(H,34,36). The molecular weight excluding hydrogens is 488 g/mol. The molecule has 190 valence electrons. The van der Waals surface area contributed by atoms with E-state index < -0.39 is 11.6 Å². The molecule has 3 heterocycles. The van der Waals surface area contributed by atoms with E-state index in [0.717, 1.165) is 33.2 Å². The zero-order chi connectivity index (χ0) is 26.6. The zero-order valence-corrected chi connectivity index (χ0v) is 20.7. The molecule has 6 rings (SSSR count). The van der Waals surface area contributed by atoms with Crippen molar-refractivity contribution in [3.63, 3.8) is 0 Å². The number of pyridine rings is 1. The van der Waals surface area contributed by atoms with Gasteiger partial charge >= 0.3 is 0 Å². The molecule has 0 unspecified atom stereocenters. The average molecular weight is 512 g/mol. The third-order valence-electron chi connectivity index (χ3n) is 6.76. The van der Waals surface area contributed by atoms with E-state index in [4.69, 9.17) is 14.9 Å². The topological polar surface area (TPSA) is 90.4 Å². The van der Waals surface area contributed by atoms with Crippen LogP contribution in [0.2, 0.25) is 0 Å². The molecule has 0 aliphatic rings. The second-order valence-electron chi connectivity index (χ2n) is 9.13. The number of nitrogen functional groups attached to an aromatic ring is 1. The van der Waals surface area contributed by atoms with Gasteiger partial charge in [0.2, 0.25) is 0 Å². The first-order valence-electron chi connectivity index (χ1n) is 12.2. The number of rotatable bonds is 6. The lowest BCUT2D eigenvalue weighted by molar-refractivity contribution is 0.0950. The molecule has 8 heteroatoms. The molecule has 0 saturated carbocycles. The molecule has 38 heavy (non-hydrogen) atoms. The molecule has 6 aromatic rings. The Morgan fingerprint density at radius 2 is 1.71 bits per heavy atom. The van der Waals surface area contributed by atoms with Crippen molar-refractivity contribution in [2.24, 2.45) is 0 Å². The quantitative estimate of drug-likeness (QED) is 0.242. The molecule has 6 nitrogen and oxygen atoms in total. The highest BCUT2D eigenvalue weighted by Gasteiger charge is 2.20. The Morgan fingerprint density at radius 1 is 0.974 bits per heavy atom. The van der Waals surface area contributed by atoms with Gasteiger partial charge in [-0.25, -0.2) is 13.8 Å². The van der Waals surface area contributed by atoms with Crippen molar-refractivity contribution in [1.82, 2.24) is 10.3 Å². The molecule has 3 aromatic carbocycles. The molecule has 0 aliphatic carbocycles. The number of aromatic nitrogens is 1. The summed E-state index contributed by atoms with van der Waals surface area (Å²) in [7, 11) is 0. The fourth-order valence-electron chi connectivity index (χ4n) is 4.97. The van der Waals surface area contributed by atoms with Gasteiger partial charge in [0.1, 0.15) is 34.4 Å². The first-order valence-corrected chi connectivity index (χ1v) is 12.2. The van der Waals surface area contributed by atoms with Crippen molar-refractivity contribution in [3.8, 4) is 16.9 Å². The largest absolute Gasteiger partial charge is 0.493 e. The third kappa shape index (κ3) is 3.85. The maximum Gasteiger partial charge on any atom is 0.251 e. The number of furan rings is 2. The number of hydrogen-bond acceptors (Lipinski definition) is 5. The smallest absolute Gasteiger partial charge is 0.251 e. The van der Waals surface area contributed by atoms with Crippen molar-refractivity contribution in [2.75, 3.05) is 12.3 Å². The van der Waals surface area contributed by atoms with Gasteiger partial charge in [-0.2, -0.15) is 0 Å². The number of nitrogens with one attached hydrogen (secondary N) is 1. The number of carbonyl (C=O) groups excluding carboxylic acids is 1. The molecule has 0 aliphatic heterocycles. The van der Waals surface area contributed by atoms with Crippen LogP contribution < -0.4 is 15.8 Å². The van der Waals surface area contributed by atoms with Crippen LogP contribution in [0.4, 0.5) is 14.6 Å². The van der Waals surface area contributed by atoms with Crippen LogP contribution in [0.15, 0.2) is 65.1 Å². The van der Waals surface area contributed by atoms with Crippen LogP contribution in [0.5, 0.6) is 5.75 Å². The van der Waals surface area contributed by atoms with Crippen molar-refractivity contribution in [2.45, 2.75) is 20.4 Å². The van der Waals surface area contributed by atoms with Gasteiger partial charge in [0.15, 0.2) is 0 Å². The summed E-state index contributed by atoms with van der Waals surface area (Å²) in [5.74, 6) is -0.535. The second-order valence-corrected chi connectivity index (χ2v) is 9.13. The maximum atomic E-state index is 14.4. The minimum absolute atomic E-state index is 0.236. The summed E-state index contributed by atoms with van der Waals surface area (Å²) < 4.78 is 39.5. The lowest BCUT2D eigenvalue weighted by Gasteiger charge is -2.14. The van der Waals surface area contributed by atoms with E-state index in [1.165, 1.54) is 12.1 Å². The van der Waals surface area contributed by atoms with Crippen LogP contribution in [0.25, 0.3) is 43.8 Å². The molecular formula is C30H23F2N3O3. The van der Waals surface area contributed by atoms with Crippen molar-refractivity contribution in [3.05, 3.63) is 89.1 Å². The number of aryl methyl sites for hydroxylation is 1. The predicted molar refractivity (Wildman–Crippen MR) is 143 cm³/mol. The van der Waals surface area contributed by atoms with E-state index >= 15 is 0 Å². The van der Waals surface area contributed by atoms with Gasteiger partial charge in [-0.3, -0.25) is 4.79 Å². The highest BCUT2D eigenvalue weighted by atomic mass is 19.1. The van der Waals surface area contributed by atoms with Crippen LogP contribution >= 0.6 is 0 Å². The highest BCUT2D eigenvalue weighted by Crippen LogP contribution is 2.42. The van der Waals surface area contributed by atoms with Gasteiger partial charge in [0.25, 0.3) is 5.91 Å². The van der Waals surface area contributed by atoms with Crippen molar-refractivity contribution >= 4 is 44.4 Å². The van der Waals surface area contributed by atoms with E-state index in [1.807, 2.05) is 32.0 Å². The molecule has 0 fully saturated rings. The Morgan fingerprint density at radius 3 is 2.45 bits per heavy atom. The van der Waals surface area contributed by atoms with Crippen molar-refractivity contribution < 1.29 is 22.7 Å². The van der Waals surface area contributed by atoms with Crippen LogP contribution in [-0.4, -0.2) is 17.5 Å². The summed E-state index contributed by atoms with van der Waals surface area (Å²) in [6.07, 6.45) is 0. The Balaban J connectivity index is 1.32. The van der Waals surface area contributed by atoms with E-state index in [-0.39, 0.29) is 12.5 Å². The number of carbonyl (C=O) groups is 1. The molecule has 3 N–H and O–H groups in total. The van der Waals surface area contributed by atoms with Crippen LogP contribution in [0.3, 0.4) is 0 Å². The number of benzene rings is 4. The summed E-state index contributed by atoms with van der Waals surface area (Å²) in [6.45, 7) is 4.41. The highest BCUT2D eigenvalue weighted by molar-refractivity contribution is 6.26. The SMILES string of the molecule is CCOc1cc(N)nc(C)c1CNC(=O)c1ccc2c(c1)c1oc2c2cc(-c3ccc(F)cc3F)ccc21. The third-order valence-corrected chi connectivity index (χ3v) is 6.76. The Hall–Kier alpha value is -4.72. The van der Waals surface area contributed by atoms with Crippen LogP contribution in [-0.2, 0) is 6.54 Å². The Labute approximate surface area is 216 Å². The fourth-order valence-corrected chi connectivity index (χ4v) is 4.97. The normalized spacial score (nSPS) is 11.6. The molecule has 0 saturated heterocycles. The number of ether oxygens (including phenoxy) is 1. The van der Waals surface area contributed by atoms with Gasteiger partial charge in [-0.1, -0.05) is 6.07 Å². The van der Waals surface area contributed by atoms with Crippen LogP contribution in [0, 0.1) is 18.6 Å². The number of halogens is 2. The molecule has 0 spiro atoms. The summed E-state index contributed by atoms with van der Waals surface area (Å²) in [5.41, 5.74) is 10.0. The zero-order valence-electron chi connectivity index (χ0n) is 20.7. The van der Waals surface area contributed by atoms with E-state index in [9.17, 15) is 13.6 Å². The lowest BCUT2D eigenvalue weighted by Crippen LogP contribution is -2.24. The summed E-state index contributed by atoms with van der Waals surface area (Å²) in [4.78, 5) is 17.3. The first kappa shape index (κ1) is 23.7. The fraction of sp³-hybridized carbons (Fsp3) is 0.133. The van der Waals surface area contributed by atoms with Gasteiger partial charge in [-0.15, -0.1) is 0 Å². The minimum Gasteiger partial charge on any atom is -0.493 e. The second kappa shape index (κ2) is 8.99. The maximum absolute atomic E-state index is 14.4. The van der Waals surface area contributed by atoms with E-state index in [0.29, 0.717) is 51.7 Å². The molecule has 0 radical (unpaired) electrons. The molecule has 0 atom stereocenters. The lowest BCUT2D eigenvalue weighted by atomic mass is 9.97. The Bertz CT molecular complexity index is 1860. The average Bonchev–Trinajstić information content (AvgIpc) is 3.45. The monoisotopic (exact) mass is 511 g/mol. The van der Waals surface area contributed by atoms with E-state index in [1.54, 1.807) is 24.3 Å². The number of nitrogens with zero attached hydrogens (tertiary/aromatic N) is 1. The van der Waals surface area contributed by atoms with Gasteiger partial charge in [0.05, 0.1) is 6.61 Å². The number of fused-ring (bicyclic) bond motifs is 8. The first-order chi connectivity index (χ1) is 18.3. The predicted octanol–water partition coefficient (Wildman–Crippen LogP) is 6.74. The van der Waals surface area contributed by atoms with Crippen molar-refractivity contribution in [1.29, 1.82) is 0 Å². The van der Waals surface area contributed by atoms with E-state index in [2.05, 4.69) is 10.3 Å². The molecule has 3 aromatic heterocycles. The van der Waals surface area contributed by atoms with Gasteiger partial charge in [-0.05, 0) is 61.9 Å². The molecule has 2 bridgehead atoms. The molecule has 1 amide bonds. The summed E-state index contributed by atoms with van der Waals surface area (Å²) >= 11 is 0. The van der Waals surface area contributed by atoms with Gasteiger partial charge < -0.3 is 20.2 Å². The minimum atomic E-state index is -0.624. The Kier molecular flexibility index (Phi) is 5.60. The number of anilines is 1.